The maximum Gasteiger partial charge on any atom is 0.187 e. The number of ether oxygens (including phenoxy) is 1. The molecule has 2 fully saturated rings. The maximum absolute atomic E-state index is 14.8. The molecule has 2 aliphatic rings. The number of hydrogen-bond acceptors (Lipinski definition) is 7. The van der Waals surface area contributed by atoms with E-state index in [0.29, 0.717) is 16.7 Å². The van der Waals surface area contributed by atoms with Gasteiger partial charge in [-0.2, -0.15) is 0 Å². The van der Waals surface area contributed by atoms with E-state index in [1.165, 1.54) is 29.7 Å². The van der Waals surface area contributed by atoms with Crippen molar-refractivity contribution in [1.82, 2.24) is 9.88 Å². The number of sulfone groups is 1. The molecule has 6 nitrogen and oxygen atoms in total. The molecule has 30 heavy (non-hydrogen) atoms. The molecule has 1 aliphatic carbocycles. The molecule has 1 aromatic heterocycles. The van der Waals surface area contributed by atoms with E-state index in [2.05, 4.69) is 15.2 Å². The largest absolute Gasteiger partial charge is 0.379 e. The summed E-state index contributed by atoms with van der Waals surface area (Å²) >= 11 is 7.62. The van der Waals surface area contributed by atoms with E-state index in [-0.39, 0.29) is 21.7 Å². The summed E-state index contributed by atoms with van der Waals surface area (Å²) in [7, 11) is -3.88. The maximum atomic E-state index is 14.8. The summed E-state index contributed by atoms with van der Waals surface area (Å²) in [5.41, 5.74) is 0.438. The van der Waals surface area contributed by atoms with E-state index in [0.717, 1.165) is 52.0 Å². The molecular formula is C20H25ClFN3O3S2. The molecule has 0 unspecified atom stereocenters. The van der Waals surface area contributed by atoms with Crippen LogP contribution in [-0.2, 0) is 20.3 Å². The molecule has 1 saturated carbocycles. The quantitative estimate of drug-likeness (QED) is 0.684. The van der Waals surface area contributed by atoms with Crippen LogP contribution in [0.15, 0.2) is 28.6 Å². The van der Waals surface area contributed by atoms with E-state index in [1.807, 2.05) is 0 Å². The fraction of sp³-hybridized carbons (Fsp3) is 0.550. The molecule has 2 aromatic rings. The van der Waals surface area contributed by atoms with Gasteiger partial charge in [0.05, 0.1) is 23.9 Å². The molecule has 0 spiro atoms. The van der Waals surface area contributed by atoms with Gasteiger partial charge in [0, 0.05) is 36.8 Å². The second-order valence-electron chi connectivity index (χ2n) is 7.70. The average molecular weight is 474 g/mol. The SMILES string of the molecule is O=S(=O)(Cc1nccs1)c1cc(Cl)c(N[C@H]2CCCC[C@@H]2N2CCOCC2)cc1F. The summed E-state index contributed by atoms with van der Waals surface area (Å²) in [5.74, 6) is -1.14. The third kappa shape index (κ3) is 4.96. The Labute approximate surface area is 185 Å². The molecule has 4 rings (SSSR count). The van der Waals surface area contributed by atoms with Gasteiger partial charge in [0.1, 0.15) is 21.5 Å². The number of hydrogen-bond donors (Lipinski definition) is 1. The second kappa shape index (κ2) is 9.48. The van der Waals surface area contributed by atoms with Crippen LogP contribution in [0.25, 0.3) is 0 Å². The zero-order valence-electron chi connectivity index (χ0n) is 16.5. The van der Waals surface area contributed by atoms with Crippen molar-refractivity contribution >= 4 is 38.5 Å². The van der Waals surface area contributed by atoms with Crippen LogP contribution >= 0.6 is 22.9 Å². The van der Waals surface area contributed by atoms with Gasteiger partial charge >= 0.3 is 0 Å². The fourth-order valence-electron chi connectivity index (χ4n) is 4.27. The van der Waals surface area contributed by atoms with Crippen molar-refractivity contribution in [1.29, 1.82) is 0 Å². The minimum absolute atomic E-state index is 0.131. The smallest absolute Gasteiger partial charge is 0.187 e. The Morgan fingerprint density at radius 3 is 2.77 bits per heavy atom. The standard InChI is InChI=1S/C20H25ClFN3O3S2/c21-14-11-19(30(26,27)13-20-23-5-10-29-20)15(22)12-17(14)24-16-3-1-2-4-18(16)25-6-8-28-9-7-25/h5,10-12,16,18,24H,1-4,6-9,13H2/t16-,18-/m0/s1. The van der Waals surface area contributed by atoms with Gasteiger partial charge in [-0.3, -0.25) is 4.90 Å². The van der Waals surface area contributed by atoms with Gasteiger partial charge < -0.3 is 10.1 Å². The van der Waals surface area contributed by atoms with Crippen molar-refractivity contribution in [3.63, 3.8) is 0 Å². The predicted molar refractivity (Wildman–Crippen MR) is 116 cm³/mol. The van der Waals surface area contributed by atoms with Crippen molar-refractivity contribution in [2.24, 2.45) is 0 Å². The number of nitrogens with one attached hydrogen (secondary N) is 1. The van der Waals surface area contributed by atoms with Crippen molar-refractivity contribution in [3.8, 4) is 0 Å². The van der Waals surface area contributed by atoms with Crippen LogP contribution in [0.2, 0.25) is 5.02 Å². The van der Waals surface area contributed by atoms with Gasteiger partial charge in [-0.1, -0.05) is 24.4 Å². The lowest BCUT2D eigenvalue weighted by Gasteiger charge is -2.42. The Bertz CT molecular complexity index is 966. The summed E-state index contributed by atoms with van der Waals surface area (Å²) in [6, 6.07) is 2.89. The zero-order valence-corrected chi connectivity index (χ0v) is 18.9. The van der Waals surface area contributed by atoms with Crippen LogP contribution in [0.5, 0.6) is 0 Å². The summed E-state index contributed by atoms with van der Waals surface area (Å²) in [5, 5.41) is 5.72. The predicted octanol–water partition coefficient (Wildman–Crippen LogP) is 3.96. The highest BCUT2D eigenvalue weighted by molar-refractivity contribution is 7.90. The van der Waals surface area contributed by atoms with E-state index in [1.54, 1.807) is 5.38 Å². The molecule has 0 amide bonds. The number of anilines is 1. The first kappa shape index (κ1) is 22.0. The van der Waals surface area contributed by atoms with Gasteiger partial charge in [0.25, 0.3) is 0 Å². The number of nitrogens with zero attached hydrogens (tertiary/aromatic N) is 2. The van der Waals surface area contributed by atoms with Gasteiger partial charge in [0.15, 0.2) is 9.84 Å². The Morgan fingerprint density at radius 2 is 2.03 bits per heavy atom. The van der Waals surface area contributed by atoms with E-state index >= 15 is 0 Å². The van der Waals surface area contributed by atoms with Gasteiger partial charge in [-0.15, -0.1) is 11.3 Å². The lowest BCUT2D eigenvalue weighted by molar-refractivity contribution is 0.00560. The Morgan fingerprint density at radius 1 is 1.27 bits per heavy atom. The molecule has 1 saturated heterocycles. The Balaban J connectivity index is 1.54. The molecule has 0 bridgehead atoms. The first-order chi connectivity index (χ1) is 14.4. The van der Waals surface area contributed by atoms with Crippen LogP contribution in [0.4, 0.5) is 10.1 Å². The molecule has 0 radical (unpaired) electrons. The number of halogens is 2. The van der Waals surface area contributed by atoms with Gasteiger partial charge in [-0.05, 0) is 25.0 Å². The van der Waals surface area contributed by atoms with E-state index < -0.39 is 15.7 Å². The molecule has 1 N–H and O–H groups in total. The number of morpholine rings is 1. The minimum atomic E-state index is -3.88. The Hall–Kier alpha value is -1.26. The van der Waals surface area contributed by atoms with Crippen molar-refractivity contribution in [2.75, 3.05) is 31.6 Å². The summed E-state index contributed by atoms with van der Waals surface area (Å²) in [6.07, 6.45) is 5.82. The topological polar surface area (TPSA) is 71.5 Å². The highest BCUT2D eigenvalue weighted by atomic mass is 35.5. The third-order valence-corrected chi connectivity index (χ3v) is 8.65. The lowest BCUT2D eigenvalue weighted by Crippen LogP contribution is -2.52. The normalized spacial score (nSPS) is 23.4. The van der Waals surface area contributed by atoms with Crippen LogP contribution in [0.1, 0.15) is 30.7 Å². The Kier molecular flexibility index (Phi) is 6.94. The van der Waals surface area contributed by atoms with Crippen molar-refractivity contribution < 1.29 is 17.5 Å². The average Bonchev–Trinajstić information content (AvgIpc) is 3.23. The van der Waals surface area contributed by atoms with Crippen LogP contribution in [0.3, 0.4) is 0 Å². The first-order valence-corrected chi connectivity index (χ1v) is 13.0. The minimum Gasteiger partial charge on any atom is -0.379 e. The van der Waals surface area contributed by atoms with Crippen LogP contribution in [0, 0.1) is 5.82 Å². The first-order valence-electron chi connectivity index (χ1n) is 10.1. The highest BCUT2D eigenvalue weighted by Crippen LogP contribution is 2.33. The fourth-order valence-corrected chi connectivity index (χ4v) is 6.90. The molecule has 1 aromatic carbocycles. The number of rotatable bonds is 6. The van der Waals surface area contributed by atoms with E-state index in [4.69, 9.17) is 16.3 Å². The zero-order chi connectivity index (χ0) is 21.1. The third-order valence-electron chi connectivity index (χ3n) is 5.74. The van der Waals surface area contributed by atoms with Crippen molar-refractivity contribution in [3.05, 3.63) is 39.6 Å². The van der Waals surface area contributed by atoms with Crippen LogP contribution < -0.4 is 5.32 Å². The van der Waals surface area contributed by atoms with Crippen molar-refractivity contribution in [2.45, 2.75) is 48.4 Å². The lowest BCUT2D eigenvalue weighted by atomic mass is 9.88. The molecule has 2 atom stereocenters. The van der Waals surface area contributed by atoms with Crippen LogP contribution in [-0.4, -0.2) is 56.7 Å². The highest BCUT2D eigenvalue weighted by Gasteiger charge is 2.32. The van der Waals surface area contributed by atoms with Gasteiger partial charge in [-0.25, -0.2) is 17.8 Å². The number of aromatic nitrogens is 1. The molecular weight excluding hydrogens is 449 g/mol. The van der Waals surface area contributed by atoms with E-state index in [9.17, 15) is 12.8 Å². The number of thiazole rings is 1. The van der Waals surface area contributed by atoms with Gasteiger partial charge in [0.2, 0.25) is 0 Å². The second-order valence-corrected chi connectivity index (χ2v) is 11.0. The molecule has 10 heteroatoms. The molecule has 1 aliphatic heterocycles. The summed E-state index contributed by atoms with van der Waals surface area (Å²) in [4.78, 5) is 6.03. The monoisotopic (exact) mass is 473 g/mol. The molecule has 2 heterocycles. The number of benzene rings is 1. The molecule has 164 valence electrons. The summed E-state index contributed by atoms with van der Waals surface area (Å²) in [6.45, 7) is 3.23. The summed E-state index contributed by atoms with van der Waals surface area (Å²) < 4.78 is 45.6.